The third kappa shape index (κ3) is 2.29. The number of hydrogen-bond donors (Lipinski definition) is 1. The number of rotatable bonds is 2. The third-order valence-electron chi connectivity index (χ3n) is 3.44. The molecule has 4 nitrogen and oxygen atoms in total. The molecule has 3 rings (SSSR count). The number of anilines is 1. The van der Waals surface area contributed by atoms with Crippen molar-refractivity contribution in [1.82, 2.24) is 14.3 Å². The van der Waals surface area contributed by atoms with Crippen LogP contribution in [-0.4, -0.2) is 25.8 Å². The summed E-state index contributed by atoms with van der Waals surface area (Å²) in [5.74, 6) is 0.921. The molecule has 6 heteroatoms. The van der Waals surface area contributed by atoms with E-state index >= 15 is 0 Å². The topological polar surface area (TPSA) is 50.7 Å². The maximum Gasteiger partial charge on any atom is 0.149 e. The number of hydrogen-bond acceptors (Lipinski definition) is 5. The molecule has 0 atom stereocenters. The van der Waals surface area contributed by atoms with Gasteiger partial charge in [0.25, 0.3) is 0 Å². The molecule has 1 aliphatic carbocycles. The van der Waals surface area contributed by atoms with E-state index < -0.39 is 0 Å². The molecule has 0 bridgehead atoms. The summed E-state index contributed by atoms with van der Waals surface area (Å²) >= 11 is 7.55. The van der Waals surface area contributed by atoms with Crippen molar-refractivity contribution in [1.29, 1.82) is 0 Å². The lowest BCUT2D eigenvalue weighted by Gasteiger charge is -2.26. The summed E-state index contributed by atoms with van der Waals surface area (Å²) in [7, 11) is 0. The molecule has 0 radical (unpaired) electrons. The predicted molar refractivity (Wildman–Crippen MR) is 75.5 cm³/mol. The van der Waals surface area contributed by atoms with Crippen molar-refractivity contribution in [3.05, 3.63) is 12.0 Å². The van der Waals surface area contributed by atoms with E-state index in [4.69, 9.17) is 11.6 Å². The molecule has 1 saturated carbocycles. The van der Waals surface area contributed by atoms with Crippen molar-refractivity contribution < 1.29 is 0 Å². The first kappa shape index (κ1) is 12.1. The Morgan fingerprint density at radius 3 is 2.83 bits per heavy atom. The van der Waals surface area contributed by atoms with Crippen LogP contribution in [0.1, 0.15) is 31.4 Å². The van der Waals surface area contributed by atoms with E-state index in [1.54, 1.807) is 6.33 Å². The van der Waals surface area contributed by atoms with Gasteiger partial charge in [0, 0.05) is 11.4 Å². The summed E-state index contributed by atoms with van der Waals surface area (Å²) in [5, 5.41) is 4.94. The average Bonchev–Trinajstić information content (AvgIpc) is 2.75. The number of nitrogens with zero attached hydrogens (tertiary/aromatic N) is 3. The molecule has 96 valence electrons. The second kappa shape index (κ2) is 4.97. The van der Waals surface area contributed by atoms with Gasteiger partial charge in [0.05, 0.1) is 11.1 Å². The number of aromatic nitrogens is 3. The van der Waals surface area contributed by atoms with Gasteiger partial charge in [-0.05, 0) is 44.1 Å². The van der Waals surface area contributed by atoms with Gasteiger partial charge in [-0.25, -0.2) is 9.97 Å². The van der Waals surface area contributed by atoms with Gasteiger partial charge in [-0.2, -0.15) is 4.37 Å². The fraction of sp³-hybridized carbons (Fsp3) is 0.583. The Labute approximate surface area is 115 Å². The lowest BCUT2D eigenvalue weighted by molar-refractivity contribution is 0.468. The maximum absolute atomic E-state index is 6.13. The highest BCUT2D eigenvalue weighted by atomic mass is 35.5. The van der Waals surface area contributed by atoms with Crippen LogP contribution in [0.2, 0.25) is 0 Å². The highest BCUT2D eigenvalue weighted by Gasteiger charge is 2.21. The minimum Gasteiger partial charge on any atom is -0.367 e. The number of nitrogens with one attached hydrogen (secondary N) is 1. The van der Waals surface area contributed by atoms with E-state index in [0.29, 0.717) is 11.4 Å². The van der Waals surface area contributed by atoms with Crippen molar-refractivity contribution in [2.75, 3.05) is 5.32 Å². The van der Waals surface area contributed by atoms with E-state index in [9.17, 15) is 0 Å². The van der Waals surface area contributed by atoms with Crippen LogP contribution in [0.3, 0.4) is 0 Å². The van der Waals surface area contributed by atoms with Crippen LogP contribution in [0.5, 0.6) is 0 Å². The fourth-order valence-corrected chi connectivity index (χ4v) is 3.42. The quantitative estimate of drug-likeness (QED) is 0.858. The van der Waals surface area contributed by atoms with E-state index in [0.717, 1.165) is 47.4 Å². The molecule has 0 aliphatic heterocycles. The Morgan fingerprint density at radius 1 is 1.28 bits per heavy atom. The minimum atomic E-state index is 0.345. The first-order chi connectivity index (χ1) is 8.74. The molecule has 2 heterocycles. The van der Waals surface area contributed by atoms with E-state index in [2.05, 4.69) is 19.7 Å². The van der Waals surface area contributed by atoms with Crippen LogP contribution in [0, 0.1) is 6.92 Å². The molecular formula is C12H15ClN4S. The molecule has 0 saturated heterocycles. The Morgan fingerprint density at radius 2 is 2.06 bits per heavy atom. The van der Waals surface area contributed by atoms with Crippen LogP contribution in [0.4, 0.5) is 5.82 Å². The van der Waals surface area contributed by atoms with Crippen molar-refractivity contribution >= 4 is 39.2 Å². The smallest absolute Gasteiger partial charge is 0.149 e. The highest BCUT2D eigenvalue weighted by molar-refractivity contribution is 7.13. The lowest BCUT2D eigenvalue weighted by Crippen LogP contribution is -2.26. The predicted octanol–water partition coefficient (Wildman–Crippen LogP) is 3.36. The van der Waals surface area contributed by atoms with Gasteiger partial charge in [0.1, 0.15) is 17.0 Å². The standard InChI is InChI=1S/C12H15ClN4S/c1-7-10-11(14-6-15-12(10)18-17-7)16-9-4-2-8(13)3-5-9/h6,8-9H,2-5H2,1H3,(H,14,15,16). The second-order valence-electron chi connectivity index (χ2n) is 4.76. The maximum atomic E-state index is 6.13. The second-order valence-corrected chi connectivity index (χ2v) is 6.13. The minimum absolute atomic E-state index is 0.345. The van der Waals surface area contributed by atoms with Crippen molar-refractivity contribution in [2.24, 2.45) is 0 Å². The lowest BCUT2D eigenvalue weighted by atomic mass is 9.95. The molecule has 18 heavy (non-hydrogen) atoms. The summed E-state index contributed by atoms with van der Waals surface area (Å²) in [4.78, 5) is 9.57. The summed E-state index contributed by atoms with van der Waals surface area (Å²) in [6.07, 6.45) is 5.98. The molecule has 0 amide bonds. The largest absolute Gasteiger partial charge is 0.367 e. The highest BCUT2D eigenvalue weighted by Crippen LogP contribution is 2.29. The van der Waals surface area contributed by atoms with Crippen LogP contribution >= 0.6 is 23.1 Å². The van der Waals surface area contributed by atoms with Crippen molar-refractivity contribution in [2.45, 2.75) is 44.0 Å². The molecule has 0 spiro atoms. The number of alkyl halides is 1. The zero-order chi connectivity index (χ0) is 12.5. The summed E-state index contributed by atoms with van der Waals surface area (Å²) < 4.78 is 4.34. The third-order valence-corrected chi connectivity index (χ3v) is 4.72. The Kier molecular flexibility index (Phi) is 3.35. The molecule has 0 unspecified atom stereocenters. The average molecular weight is 283 g/mol. The molecule has 2 aromatic rings. The van der Waals surface area contributed by atoms with Crippen LogP contribution in [-0.2, 0) is 0 Å². The molecule has 1 aliphatic rings. The van der Waals surface area contributed by atoms with Gasteiger partial charge >= 0.3 is 0 Å². The van der Waals surface area contributed by atoms with E-state index in [1.807, 2.05) is 6.92 Å². The van der Waals surface area contributed by atoms with Gasteiger partial charge in [0.2, 0.25) is 0 Å². The summed E-state index contributed by atoms with van der Waals surface area (Å²) in [6.45, 7) is 2.00. The van der Waals surface area contributed by atoms with Gasteiger partial charge in [0.15, 0.2) is 0 Å². The molecule has 1 fully saturated rings. The normalized spacial score (nSPS) is 24.3. The Hall–Kier alpha value is -0.940. The summed E-state index contributed by atoms with van der Waals surface area (Å²) in [5.41, 5.74) is 1.00. The van der Waals surface area contributed by atoms with Crippen molar-refractivity contribution in [3.63, 3.8) is 0 Å². The Balaban J connectivity index is 1.84. The van der Waals surface area contributed by atoms with E-state index in [-0.39, 0.29) is 0 Å². The van der Waals surface area contributed by atoms with Gasteiger partial charge in [-0.15, -0.1) is 11.6 Å². The van der Waals surface area contributed by atoms with Crippen LogP contribution in [0.15, 0.2) is 6.33 Å². The van der Waals surface area contributed by atoms with Crippen LogP contribution < -0.4 is 5.32 Å². The molecular weight excluding hydrogens is 268 g/mol. The number of aryl methyl sites for hydroxylation is 1. The van der Waals surface area contributed by atoms with Gasteiger partial charge < -0.3 is 5.32 Å². The molecule has 0 aromatic carbocycles. The Bertz CT molecular complexity index is 548. The molecule has 1 N–H and O–H groups in total. The van der Waals surface area contributed by atoms with Crippen molar-refractivity contribution in [3.8, 4) is 0 Å². The SMILES string of the molecule is Cc1nsc2ncnc(NC3CCC(Cl)CC3)c12. The molecule has 2 aromatic heterocycles. The monoisotopic (exact) mass is 282 g/mol. The zero-order valence-corrected chi connectivity index (χ0v) is 11.8. The summed E-state index contributed by atoms with van der Waals surface area (Å²) in [6, 6.07) is 0.470. The first-order valence-electron chi connectivity index (χ1n) is 6.21. The number of fused-ring (bicyclic) bond motifs is 1. The van der Waals surface area contributed by atoms with E-state index in [1.165, 1.54) is 11.5 Å². The number of halogens is 1. The van der Waals surface area contributed by atoms with Gasteiger partial charge in [-0.3, -0.25) is 0 Å². The van der Waals surface area contributed by atoms with Gasteiger partial charge in [-0.1, -0.05) is 0 Å². The fourth-order valence-electron chi connectivity index (χ4n) is 2.42. The first-order valence-corrected chi connectivity index (χ1v) is 7.42. The van der Waals surface area contributed by atoms with Crippen LogP contribution in [0.25, 0.3) is 10.2 Å². The zero-order valence-electron chi connectivity index (χ0n) is 10.2.